The van der Waals surface area contributed by atoms with E-state index in [1.54, 1.807) is 0 Å². The number of pyridine rings is 1. The summed E-state index contributed by atoms with van der Waals surface area (Å²) in [6.45, 7) is 0. The third kappa shape index (κ3) is 2.70. The Morgan fingerprint density at radius 2 is 1.36 bits per heavy atom. The molecule has 0 saturated heterocycles. The van der Waals surface area contributed by atoms with E-state index < -0.39 is 0 Å². The third-order valence-electron chi connectivity index (χ3n) is 1.73. The van der Waals surface area contributed by atoms with Gasteiger partial charge in [-0.2, -0.15) is 0 Å². The van der Waals surface area contributed by atoms with Gasteiger partial charge in [-0.3, -0.25) is 4.98 Å². The molecular weight excluding hydrogens is 170 g/mol. The number of rotatable bonds is 1. The van der Waals surface area contributed by atoms with Gasteiger partial charge < -0.3 is 0 Å². The Morgan fingerprint density at radius 3 is 1.93 bits per heavy atom. The molecule has 0 aliphatic carbocycles. The van der Waals surface area contributed by atoms with Gasteiger partial charge >= 0.3 is 0 Å². The standard InChI is InChI=1S/C11H9N.2CH4/c1-2-6-10(7-3-1)11-8-4-5-9-12-11;;/h1-9H;2*1H4. The second-order valence-electron chi connectivity index (χ2n) is 2.58. The van der Waals surface area contributed by atoms with Crippen molar-refractivity contribution in [1.82, 2.24) is 4.98 Å². The molecule has 0 amide bonds. The van der Waals surface area contributed by atoms with Gasteiger partial charge in [0, 0.05) is 11.8 Å². The van der Waals surface area contributed by atoms with Crippen LogP contribution in [0.4, 0.5) is 0 Å². The maximum absolute atomic E-state index is 4.25. The molecule has 0 N–H and O–H groups in total. The smallest absolute Gasteiger partial charge is 0.0701 e. The molecule has 1 aromatic carbocycles. The van der Waals surface area contributed by atoms with E-state index in [2.05, 4.69) is 17.1 Å². The van der Waals surface area contributed by atoms with Crippen molar-refractivity contribution in [3.05, 3.63) is 54.7 Å². The van der Waals surface area contributed by atoms with Crippen molar-refractivity contribution in [3.8, 4) is 11.3 Å². The zero-order valence-electron chi connectivity index (χ0n) is 6.64. The van der Waals surface area contributed by atoms with Crippen LogP contribution in [0.2, 0.25) is 0 Å². The number of benzene rings is 1. The molecule has 1 heteroatoms. The largest absolute Gasteiger partial charge is 0.256 e. The Kier molecular flexibility index (Phi) is 5.23. The summed E-state index contributed by atoms with van der Waals surface area (Å²) >= 11 is 0. The third-order valence-corrected chi connectivity index (χ3v) is 1.73. The van der Waals surface area contributed by atoms with Gasteiger partial charge in [-0.25, -0.2) is 0 Å². The van der Waals surface area contributed by atoms with Crippen molar-refractivity contribution >= 4 is 0 Å². The van der Waals surface area contributed by atoms with Crippen molar-refractivity contribution in [3.63, 3.8) is 0 Å². The van der Waals surface area contributed by atoms with Gasteiger partial charge in [-0.15, -0.1) is 0 Å². The molecule has 0 bridgehead atoms. The molecule has 2 aromatic rings. The minimum absolute atomic E-state index is 0. The van der Waals surface area contributed by atoms with Crippen molar-refractivity contribution in [1.29, 1.82) is 0 Å². The van der Waals surface area contributed by atoms with Gasteiger partial charge in [-0.1, -0.05) is 51.3 Å². The first-order valence-electron chi connectivity index (χ1n) is 3.93. The summed E-state index contributed by atoms with van der Waals surface area (Å²) in [6, 6.07) is 16.1. The normalized spacial score (nSPS) is 8.29. The van der Waals surface area contributed by atoms with Gasteiger partial charge in [0.1, 0.15) is 0 Å². The highest BCUT2D eigenvalue weighted by molar-refractivity contribution is 5.58. The quantitative estimate of drug-likeness (QED) is 0.657. The summed E-state index contributed by atoms with van der Waals surface area (Å²) in [5.41, 5.74) is 2.19. The molecule has 2 rings (SSSR count). The van der Waals surface area contributed by atoms with Gasteiger partial charge in [0.25, 0.3) is 0 Å². The lowest BCUT2D eigenvalue weighted by Gasteiger charge is -1.97. The highest BCUT2D eigenvalue weighted by Crippen LogP contribution is 2.14. The fourth-order valence-electron chi connectivity index (χ4n) is 1.14. The first-order valence-corrected chi connectivity index (χ1v) is 3.93. The predicted octanol–water partition coefficient (Wildman–Crippen LogP) is 4.02. The maximum Gasteiger partial charge on any atom is 0.0701 e. The summed E-state index contributed by atoms with van der Waals surface area (Å²) < 4.78 is 0. The fourth-order valence-corrected chi connectivity index (χ4v) is 1.14. The predicted molar refractivity (Wildman–Crippen MR) is 63.1 cm³/mol. The molecule has 14 heavy (non-hydrogen) atoms. The minimum atomic E-state index is 0. The molecule has 0 atom stereocenters. The molecule has 0 spiro atoms. The van der Waals surface area contributed by atoms with Crippen LogP contribution in [0.3, 0.4) is 0 Å². The molecule has 0 saturated carbocycles. The first kappa shape index (κ1) is 12.4. The summed E-state index contributed by atoms with van der Waals surface area (Å²) in [7, 11) is 0. The van der Waals surface area contributed by atoms with E-state index in [1.165, 1.54) is 0 Å². The minimum Gasteiger partial charge on any atom is -0.256 e. The fraction of sp³-hybridized carbons (Fsp3) is 0.154. The monoisotopic (exact) mass is 187 g/mol. The molecule has 74 valence electrons. The molecule has 1 aromatic heterocycles. The second kappa shape index (κ2) is 5.92. The average molecular weight is 187 g/mol. The number of hydrogen-bond acceptors (Lipinski definition) is 1. The van der Waals surface area contributed by atoms with Crippen LogP contribution in [0, 0.1) is 0 Å². The van der Waals surface area contributed by atoms with E-state index in [-0.39, 0.29) is 14.9 Å². The Hall–Kier alpha value is -1.63. The van der Waals surface area contributed by atoms with Crippen molar-refractivity contribution in [2.24, 2.45) is 0 Å². The molecule has 0 aliphatic rings. The molecular formula is C13H17N. The molecule has 0 aliphatic heterocycles. The van der Waals surface area contributed by atoms with Crippen molar-refractivity contribution in [2.45, 2.75) is 14.9 Å². The van der Waals surface area contributed by atoms with E-state index in [1.807, 2.05) is 42.6 Å². The number of hydrogen-bond donors (Lipinski definition) is 0. The summed E-state index contributed by atoms with van der Waals surface area (Å²) in [5, 5.41) is 0. The van der Waals surface area contributed by atoms with E-state index >= 15 is 0 Å². The Balaban J connectivity index is 0.000000845. The van der Waals surface area contributed by atoms with E-state index in [4.69, 9.17) is 0 Å². The highest BCUT2D eigenvalue weighted by atomic mass is 14.7. The highest BCUT2D eigenvalue weighted by Gasteiger charge is 1.93. The molecule has 1 heterocycles. The van der Waals surface area contributed by atoms with Crippen LogP contribution in [0.1, 0.15) is 14.9 Å². The summed E-state index contributed by atoms with van der Waals surface area (Å²) in [4.78, 5) is 4.25. The SMILES string of the molecule is C.C.c1ccc(-c2ccccn2)cc1. The lowest BCUT2D eigenvalue weighted by atomic mass is 10.1. The van der Waals surface area contributed by atoms with Gasteiger partial charge in [0.05, 0.1) is 5.69 Å². The van der Waals surface area contributed by atoms with Crippen LogP contribution >= 0.6 is 0 Å². The van der Waals surface area contributed by atoms with Crippen molar-refractivity contribution in [2.75, 3.05) is 0 Å². The van der Waals surface area contributed by atoms with Crippen LogP contribution < -0.4 is 0 Å². The van der Waals surface area contributed by atoms with Crippen LogP contribution in [-0.2, 0) is 0 Å². The van der Waals surface area contributed by atoms with E-state index in [0.29, 0.717) is 0 Å². The van der Waals surface area contributed by atoms with Crippen LogP contribution in [0.5, 0.6) is 0 Å². The van der Waals surface area contributed by atoms with Crippen molar-refractivity contribution < 1.29 is 0 Å². The summed E-state index contributed by atoms with van der Waals surface area (Å²) in [5.74, 6) is 0. The molecule has 0 fully saturated rings. The topological polar surface area (TPSA) is 12.9 Å². The van der Waals surface area contributed by atoms with Crippen LogP contribution in [-0.4, -0.2) is 4.98 Å². The molecule has 0 unspecified atom stereocenters. The van der Waals surface area contributed by atoms with Gasteiger partial charge in [0.2, 0.25) is 0 Å². The zero-order chi connectivity index (χ0) is 8.23. The Morgan fingerprint density at radius 1 is 0.714 bits per heavy atom. The Labute approximate surface area is 86.4 Å². The lowest BCUT2D eigenvalue weighted by molar-refractivity contribution is 1.33. The number of nitrogens with zero attached hydrogens (tertiary/aromatic N) is 1. The van der Waals surface area contributed by atoms with E-state index in [0.717, 1.165) is 11.3 Å². The second-order valence-corrected chi connectivity index (χ2v) is 2.58. The van der Waals surface area contributed by atoms with Crippen LogP contribution in [0.25, 0.3) is 11.3 Å². The maximum atomic E-state index is 4.25. The van der Waals surface area contributed by atoms with Crippen LogP contribution in [0.15, 0.2) is 54.7 Å². The number of aromatic nitrogens is 1. The summed E-state index contributed by atoms with van der Waals surface area (Å²) in [6.07, 6.45) is 1.81. The zero-order valence-corrected chi connectivity index (χ0v) is 6.64. The lowest BCUT2D eigenvalue weighted by Crippen LogP contribution is -1.79. The van der Waals surface area contributed by atoms with Gasteiger partial charge in [0.15, 0.2) is 0 Å². The van der Waals surface area contributed by atoms with E-state index in [9.17, 15) is 0 Å². The average Bonchev–Trinajstić information content (AvgIpc) is 2.21. The Bertz CT molecular complexity index is 303. The first-order chi connectivity index (χ1) is 5.97. The molecule has 0 radical (unpaired) electrons. The van der Waals surface area contributed by atoms with Gasteiger partial charge in [-0.05, 0) is 12.1 Å². The molecule has 1 nitrogen and oxygen atoms in total.